The van der Waals surface area contributed by atoms with Crippen LogP contribution >= 0.6 is 0 Å². The van der Waals surface area contributed by atoms with E-state index in [1.807, 2.05) is 12.1 Å². The Morgan fingerprint density at radius 2 is 2.17 bits per heavy atom. The summed E-state index contributed by atoms with van der Waals surface area (Å²) in [6.45, 7) is 8.62. The fraction of sp³-hybridized carbons (Fsp3) is 0.647. The van der Waals surface area contributed by atoms with Crippen LogP contribution in [0.25, 0.3) is 0 Å². The number of rotatable bonds is 7. The van der Waals surface area contributed by atoms with Crippen molar-refractivity contribution in [3.63, 3.8) is 0 Å². The second-order valence-corrected chi connectivity index (χ2v) is 6.16. The third-order valence-corrected chi connectivity index (χ3v) is 4.65. The largest absolute Gasteiger partial charge is 0.481 e. The maximum atomic E-state index is 12.1. The number of nitrogens with one attached hydrogen (secondary N) is 2. The van der Waals surface area contributed by atoms with Gasteiger partial charge in [0.05, 0.1) is 20.3 Å². The number of hydrogen-bond donors (Lipinski definition) is 2. The van der Waals surface area contributed by atoms with Gasteiger partial charge in [-0.3, -0.25) is 4.90 Å². The van der Waals surface area contributed by atoms with Gasteiger partial charge in [0.15, 0.2) is 0 Å². The molecule has 2 heterocycles. The third kappa shape index (κ3) is 4.82. The molecule has 1 fully saturated rings. The highest BCUT2D eigenvalue weighted by Gasteiger charge is 2.31. The van der Waals surface area contributed by atoms with E-state index in [1.54, 1.807) is 13.3 Å². The van der Waals surface area contributed by atoms with E-state index in [0.29, 0.717) is 19.0 Å². The first-order valence-electron chi connectivity index (χ1n) is 8.41. The zero-order valence-electron chi connectivity index (χ0n) is 14.8. The monoisotopic (exact) mass is 336 g/mol. The maximum Gasteiger partial charge on any atom is 0.315 e. The van der Waals surface area contributed by atoms with Crippen LogP contribution in [0.2, 0.25) is 0 Å². The van der Waals surface area contributed by atoms with Crippen LogP contribution in [0.4, 0.5) is 4.79 Å². The number of ether oxygens (including phenoxy) is 2. The fourth-order valence-electron chi connectivity index (χ4n) is 2.81. The Morgan fingerprint density at radius 3 is 2.83 bits per heavy atom. The number of morpholine rings is 1. The summed E-state index contributed by atoms with van der Waals surface area (Å²) in [5, 5.41) is 5.85. The number of pyridine rings is 1. The Balaban J connectivity index is 1.83. The highest BCUT2D eigenvalue weighted by molar-refractivity contribution is 5.74. The van der Waals surface area contributed by atoms with Gasteiger partial charge in [-0.25, -0.2) is 9.78 Å². The van der Waals surface area contributed by atoms with Crippen molar-refractivity contribution in [3.8, 4) is 5.88 Å². The Labute approximate surface area is 143 Å². The molecule has 1 saturated heterocycles. The average molecular weight is 336 g/mol. The Bertz CT molecular complexity index is 534. The number of aromatic nitrogens is 1. The minimum Gasteiger partial charge on any atom is -0.481 e. The molecule has 0 aromatic carbocycles. The van der Waals surface area contributed by atoms with Gasteiger partial charge in [0.1, 0.15) is 0 Å². The van der Waals surface area contributed by atoms with Gasteiger partial charge in [-0.1, -0.05) is 13.0 Å². The summed E-state index contributed by atoms with van der Waals surface area (Å²) in [6.07, 6.45) is 2.63. The van der Waals surface area contributed by atoms with Gasteiger partial charge in [0.2, 0.25) is 5.88 Å². The molecule has 1 aliphatic rings. The van der Waals surface area contributed by atoms with Crippen molar-refractivity contribution >= 4 is 6.03 Å². The lowest BCUT2D eigenvalue weighted by atomic mass is 9.95. The summed E-state index contributed by atoms with van der Waals surface area (Å²) in [5.41, 5.74) is 0.786. The molecule has 1 atom stereocenters. The first-order chi connectivity index (χ1) is 11.6. The minimum atomic E-state index is -0.186. The molecule has 134 valence electrons. The van der Waals surface area contributed by atoms with Gasteiger partial charge in [0.25, 0.3) is 0 Å². The summed E-state index contributed by atoms with van der Waals surface area (Å²) < 4.78 is 10.6. The molecule has 2 amide bonds. The molecule has 1 aromatic heterocycles. The SMILES string of the molecule is CC[C@](C)(CNC(=O)NCc1cccnc1OC)N1CCOCC1. The highest BCUT2D eigenvalue weighted by atomic mass is 16.5. The van der Waals surface area contributed by atoms with Crippen LogP contribution in [0, 0.1) is 0 Å². The third-order valence-electron chi connectivity index (χ3n) is 4.65. The number of hydrogen-bond acceptors (Lipinski definition) is 5. The lowest BCUT2D eigenvalue weighted by molar-refractivity contribution is -0.0165. The Hall–Kier alpha value is -1.86. The zero-order valence-corrected chi connectivity index (χ0v) is 14.8. The van der Waals surface area contributed by atoms with Gasteiger partial charge in [0, 0.05) is 43.5 Å². The van der Waals surface area contributed by atoms with Gasteiger partial charge < -0.3 is 20.1 Å². The summed E-state index contributed by atoms with van der Waals surface area (Å²) in [4.78, 5) is 18.6. The Kier molecular flexibility index (Phi) is 6.81. The summed E-state index contributed by atoms with van der Waals surface area (Å²) in [7, 11) is 1.57. The van der Waals surface area contributed by atoms with Crippen LogP contribution in [0.5, 0.6) is 5.88 Å². The molecule has 0 saturated carbocycles. The van der Waals surface area contributed by atoms with Crippen LogP contribution in [-0.4, -0.2) is 61.4 Å². The lowest BCUT2D eigenvalue weighted by Crippen LogP contribution is -2.57. The van der Waals surface area contributed by atoms with Gasteiger partial charge in [-0.15, -0.1) is 0 Å². The number of nitrogens with zero attached hydrogens (tertiary/aromatic N) is 2. The molecule has 2 N–H and O–H groups in total. The van der Waals surface area contributed by atoms with Crippen molar-refractivity contribution in [2.75, 3.05) is 40.0 Å². The van der Waals surface area contributed by atoms with Gasteiger partial charge >= 0.3 is 6.03 Å². The standard InChI is InChI=1S/C17H28N4O3/c1-4-17(2,21-8-10-24-11-9-21)13-20-16(22)19-12-14-6-5-7-18-15(14)23-3/h5-7H,4,8-13H2,1-3H3,(H2,19,20,22)/t17-/m1/s1. The topological polar surface area (TPSA) is 75.7 Å². The second-order valence-electron chi connectivity index (χ2n) is 6.16. The lowest BCUT2D eigenvalue weighted by Gasteiger charge is -2.43. The maximum absolute atomic E-state index is 12.1. The van der Waals surface area contributed by atoms with Crippen LogP contribution in [0.1, 0.15) is 25.8 Å². The Morgan fingerprint density at radius 1 is 1.42 bits per heavy atom. The van der Waals surface area contributed by atoms with E-state index >= 15 is 0 Å². The van der Waals surface area contributed by atoms with Crippen molar-refractivity contribution in [2.24, 2.45) is 0 Å². The van der Waals surface area contributed by atoms with Crippen LogP contribution in [0.3, 0.4) is 0 Å². The second kappa shape index (κ2) is 8.84. The van der Waals surface area contributed by atoms with Gasteiger partial charge in [-0.05, 0) is 19.4 Å². The molecule has 0 spiro atoms. The quantitative estimate of drug-likeness (QED) is 0.787. The average Bonchev–Trinajstić information content (AvgIpc) is 2.65. The van der Waals surface area contributed by atoms with Crippen molar-refractivity contribution in [1.82, 2.24) is 20.5 Å². The van der Waals surface area contributed by atoms with E-state index in [-0.39, 0.29) is 11.6 Å². The van der Waals surface area contributed by atoms with Crippen LogP contribution in [0.15, 0.2) is 18.3 Å². The predicted octanol–water partition coefficient (Wildman–Crippen LogP) is 1.39. The summed E-state index contributed by atoms with van der Waals surface area (Å²) in [5.74, 6) is 0.532. The molecule has 7 heteroatoms. The molecular weight excluding hydrogens is 308 g/mol. The molecule has 0 bridgehead atoms. The zero-order chi connectivity index (χ0) is 17.4. The highest BCUT2D eigenvalue weighted by Crippen LogP contribution is 2.20. The first kappa shape index (κ1) is 18.5. The summed E-state index contributed by atoms with van der Waals surface area (Å²) in [6, 6.07) is 3.52. The molecule has 7 nitrogen and oxygen atoms in total. The van der Waals surface area contributed by atoms with E-state index in [9.17, 15) is 4.79 Å². The number of amides is 2. The molecule has 0 radical (unpaired) electrons. The van der Waals surface area contributed by atoms with E-state index in [2.05, 4.69) is 34.4 Å². The van der Waals surface area contributed by atoms with E-state index in [0.717, 1.165) is 38.3 Å². The van der Waals surface area contributed by atoms with Crippen molar-refractivity contribution in [1.29, 1.82) is 0 Å². The van der Waals surface area contributed by atoms with E-state index in [4.69, 9.17) is 9.47 Å². The fourth-order valence-corrected chi connectivity index (χ4v) is 2.81. The molecule has 0 unspecified atom stereocenters. The van der Waals surface area contributed by atoms with Crippen LogP contribution in [-0.2, 0) is 11.3 Å². The molecule has 1 aromatic rings. The number of carbonyl (C=O) groups excluding carboxylic acids is 1. The van der Waals surface area contributed by atoms with E-state index < -0.39 is 0 Å². The van der Waals surface area contributed by atoms with E-state index in [1.165, 1.54) is 0 Å². The normalized spacial score (nSPS) is 17.8. The van der Waals surface area contributed by atoms with Crippen molar-refractivity contribution in [2.45, 2.75) is 32.4 Å². The van der Waals surface area contributed by atoms with Gasteiger partial charge in [-0.2, -0.15) is 0 Å². The van der Waals surface area contributed by atoms with Crippen LogP contribution < -0.4 is 15.4 Å². The summed E-state index contributed by atoms with van der Waals surface area (Å²) >= 11 is 0. The molecule has 1 aliphatic heterocycles. The first-order valence-corrected chi connectivity index (χ1v) is 8.41. The molecular formula is C17H28N4O3. The molecule has 24 heavy (non-hydrogen) atoms. The number of carbonyl (C=O) groups is 1. The number of urea groups is 1. The molecule has 2 rings (SSSR count). The van der Waals surface area contributed by atoms with Crippen molar-refractivity contribution < 1.29 is 14.3 Å². The predicted molar refractivity (Wildman–Crippen MR) is 92.1 cm³/mol. The number of methoxy groups -OCH3 is 1. The smallest absolute Gasteiger partial charge is 0.315 e. The molecule has 0 aliphatic carbocycles. The van der Waals surface area contributed by atoms with Crippen molar-refractivity contribution in [3.05, 3.63) is 23.9 Å². The minimum absolute atomic E-state index is 0.0624.